The summed E-state index contributed by atoms with van der Waals surface area (Å²) in [7, 11) is -3.96. The van der Waals surface area contributed by atoms with Gasteiger partial charge in [0.25, 0.3) is 0 Å². The zero-order valence-corrected chi connectivity index (χ0v) is 20.3. The number of carboxylic acid groups (broad SMARTS) is 1. The van der Waals surface area contributed by atoms with Crippen molar-refractivity contribution in [2.24, 2.45) is 10.8 Å². The van der Waals surface area contributed by atoms with Crippen LogP contribution in [0.25, 0.3) is 0 Å². The molecule has 0 saturated carbocycles. The zero-order valence-electron chi connectivity index (χ0n) is 17.8. The van der Waals surface area contributed by atoms with Crippen molar-refractivity contribution in [2.75, 3.05) is 37.9 Å². The standard InChI is InChI=1S/C17H32NO8PS2/c1-16(2,3)13(19)28-11-9-25-27(23,24-8-7-18-15(21)22)26-10-12-29-14(20)17(4,5)6/h18H,7-12H2,1-6H3,(H,21,22). The molecule has 0 rings (SSSR count). The summed E-state index contributed by atoms with van der Waals surface area (Å²) in [6.07, 6.45) is -1.24. The predicted octanol–water partition coefficient (Wildman–Crippen LogP) is 4.02. The van der Waals surface area contributed by atoms with Crippen molar-refractivity contribution in [2.45, 2.75) is 41.5 Å². The Kier molecular flexibility index (Phi) is 12.7. The van der Waals surface area contributed by atoms with Crippen molar-refractivity contribution in [3.8, 4) is 0 Å². The van der Waals surface area contributed by atoms with E-state index in [1.807, 2.05) is 0 Å². The highest BCUT2D eigenvalue weighted by atomic mass is 32.2. The van der Waals surface area contributed by atoms with E-state index in [1.54, 1.807) is 41.5 Å². The van der Waals surface area contributed by atoms with Crippen molar-refractivity contribution < 1.29 is 37.6 Å². The molecule has 0 atom stereocenters. The van der Waals surface area contributed by atoms with Crippen molar-refractivity contribution in [3.05, 3.63) is 0 Å². The molecule has 9 nitrogen and oxygen atoms in total. The van der Waals surface area contributed by atoms with Crippen LogP contribution in [0.3, 0.4) is 0 Å². The summed E-state index contributed by atoms with van der Waals surface area (Å²) in [6.45, 7) is 10.4. The molecular formula is C17H32NO8PS2. The van der Waals surface area contributed by atoms with Crippen LogP contribution in [-0.4, -0.2) is 59.3 Å². The summed E-state index contributed by atoms with van der Waals surface area (Å²) in [5.41, 5.74) is -0.999. The Morgan fingerprint density at radius 2 is 1.21 bits per heavy atom. The van der Waals surface area contributed by atoms with Crippen LogP contribution < -0.4 is 5.32 Å². The van der Waals surface area contributed by atoms with Crippen molar-refractivity contribution >= 4 is 47.7 Å². The van der Waals surface area contributed by atoms with E-state index in [0.717, 1.165) is 23.5 Å². The lowest BCUT2D eigenvalue weighted by molar-refractivity contribution is -0.118. The Morgan fingerprint density at radius 3 is 1.55 bits per heavy atom. The second-order valence-electron chi connectivity index (χ2n) is 7.95. The molecule has 0 unspecified atom stereocenters. The van der Waals surface area contributed by atoms with Gasteiger partial charge in [-0.15, -0.1) is 0 Å². The van der Waals surface area contributed by atoms with Crippen LogP contribution in [0.2, 0.25) is 0 Å². The molecule has 0 radical (unpaired) electrons. The van der Waals surface area contributed by atoms with Gasteiger partial charge in [0.15, 0.2) is 10.2 Å². The number of phosphoric ester groups is 1. The van der Waals surface area contributed by atoms with Gasteiger partial charge in [-0.05, 0) is 0 Å². The first-order chi connectivity index (χ1) is 13.2. The van der Waals surface area contributed by atoms with Crippen LogP contribution in [0.15, 0.2) is 0 Å². The van der Waals surface area contributed by atoms with Crippen molar-refractivity contribution in [3.63, 3.8) is 0 Å². The topological polar surface area (TPSA) is 128 Å². The maximum absolute atomic E-state index is 12.7. The molecular weight excluding hydrogens is 441 g/mol. The van der Waals surface area contributed by atoms with E-state index in [9.17, 15) is 18.9 Å². The van der Waals surface area contributed by atoms with E-state index in [4.69, 9.17) is 18.7 Å². The minimum Gasteiger partial charge on any atom is -0.465 e. The molecule has 12 heteroatoms. The zero-order chi connectivity index (χ0) is 22.7. The quantitative estimate of drug-likeness (QED) is 0.317. The third-order valence-corrected chi connectivity index (χ3v) is 6.97. The first-order valence-electron chi connectivity index (χ1n) is 9.02. The van der Waals surface area contributed by atoms with Crippen LogP contribution in [0.5, 0.6) is 0 Å². The van der Waals surface area contributed by atoms with Crippen molar-refractivity contribution in [1.29, 1.82) is 0 Å². The third-order valence-electron chi connectivity index (χ3n) is 2.98. The minimum absolute atomic E-state index is 0.0273. The van der Waals surface area contributed by atoms with Gasteiger partial charge in [-0.25, -0.2) is 9.36 Å². The Labute approximate surface area is 181 Å². The highest BCUT2D eigenvalue weighted by Crippen LogP contribution is 2.49. The van der Waals surface area contributed by atoms with Gasteiger partial charge in [0.2, 0.25) is 0 Å². The summed E-state index contributed by atoms with van der Waals surface area (Å²) >= 11 is 2.11. The second-order valence-corrected chi connectivity index (χ2v) is 11.8. The Bertz CT molecular complexity index is 563. The van der Waals surface area contributed by atoms with Gasteiger partial charge in [-0.3, -0.25) is 23.2 Å². The van der Waals surface area contributed by atoms with Crippen molar-refractivity contribution in [1.82, 2.24) is 5.32 Å². The average molecular weight is 474 g/mol. The molecule has 0 aliphatic rings. The van der Waals surface area contributed by atoms with Gasteiger partial charge >= 0.3 is 13.9 Å². The van der Waals surface area contributed by atoms with E-state index in [0.29, 0.717) is 0 Å². The lowest BCUT2D eigenvalue weighted by atomic mass is 9.99. The summed E-state index contributed by atoms with van der Waals surface area (Å²) in [4.78, 5) is 34.3. The summed E-state index contributed by atoms with van der Waals surface area (Å²) < 4.78 is 28.3. The molecule has 0 fully saturated rings. The number of carbonyl (C=O) groups is 3. The summed E-state index contributed by atoms with van der Waals surface area (Å²) in [6, 6.07) is 0. The third kappa shape index (κ3) is 14.1. The predicted molar refractivity (Wildman–Crippen MR) is 115 cm³/mol. The number of amides is 1. The molecule has 0 aromatic heterocycles. The molecule has 1 amide bonds. The van der Waals surface area contributed by atoms with Crippen LogP contribution in [-0.2, 0) is 27.7 Å². The largest absolute Gasteiger partial charge is 0.474 e. The van der Waals surface area contributed by atoms with E-state index in [2.05, 4.69) is 5.32 Å². The van der Waals surface area contributed by atoms with E-state index < -0.39 is 24.7 Å². The van der Waals surface area contributed by atoms with Gasteiger partial charge in [-0.1, -0.05) is 65.1 Å². The SMILES string of the molecule is CC(C)(C)C(=O)SCCOP(=O)(OCCNC(=O)O)OCCSC(=O)C(C)(C)C. The van der Waals surface area contributed by atoms with E-state index in [1.165, 1.54) is 0 Å². The molecule has 29 heavy (non-hydrogen) atoms. The molecule has 0 heterocycles. The molecule has 0 aliphatic heterocycles. The fraction of sp³-hybridized carbons (Fsp3) is 0.824. The molecule has 0 aromatic carbocycles. The average Bonchev–Trinajstić information content (AvgIpc) is 2.57. The summed E-state index contributed by atoms with van der Waals surface area (Å²) in [5.74, 6) is 0.523. The van der Waals surface area contributed by atoms with E-state index in [-0.39, 0.29) is 48.1 Å². The smallest absolute Gasteiger partial charge is 0.465 e. The first-order valence-corrected chi connectivity index (χ1v) is 12.5. The maximum atomic E-state index is 12.7. The molecule has 0 aliphatic carbocycles. The lowest BCUT2D eigenvalue weighted by Crippen LogP contribution is -2.25. The minimum atomic E-state index is -3.96. The summed E-state index contributed by atoms with van der Waals surface area (Å²) in [5, 5.41) is 10.6. The molecule has 0 spiro atoms. The van der Waals surface area contributed by atoms with Crippen LogP contribution in [0.4, 0.5) is 4.79 Å². The lowest BCUT2D eigenvalue weighted by Gasteiger charge is -2.19. The van der Waals surface area contributed by atoms with Gasteiger partial charge < -0.3 is 10.4 Å². The number of carbonyl (C=O) groups excluding carboxylic acids is 2. The van der Waals surface area contributed by atoms with Gasteiger partial charge in [0, 0.05) is 28.9 Å². The number of rotatable bonds is 12. The fourth-order valence-electron chi connectivity index (χ4n) is 1.43. The second kappa shape index (κ2) is 13.0. The van der Waals surface area contributed by atoms with Crippen LogP contribution >= 0.6 is 31.3 Å². The van der Waals surface area contributed by atoms with Gasteiger partial charge in [0.05, 0.1) is 19.8 Å². The Morgan fingerprint density at radius 1 is 0.828 bits per heavy atom. The number of nitrogens with one attached hydrogen (secondary N) is 1. The monoisotopic (exact) mass is 473 g/mol. The number of hydrogen-bond donors (Lipinski definition) is 2. The molecule has 2 N–H and O–H groups in total. The van der Waals surface area contributed by atoms with Crippen LogP contribution in [0, 0.1) is 10.8 Å². The highest BCUT2D eigenvalue weighted by molar-refractivity contribution is 8.14. The maximum Gasteiger partial charge on any atom is 0.474 e. The Balaban J connectivity index is 4.56. The fourth-order valence-corrected chi connectivity index (χ4v) is 4.41. The Hall–Kier alpha value is -0.580. The number of hydrogen-bond acceptors (Lipinski definition) is 9. The van der Waals surface area contributed by atoms with Gasteiger partial charge in [0.1, 0.15) is 0 Å². The molecule has 0 aromatic rings. The van der Waals surface area contributed by atoms with Crippen LogP contribution in [0.1, 0.15) is 41.5 Å². The number of thioether (sulfide) groups is 2. The molecule has 170 valence electrons. The molecule has 0 bridgehead atoms. The number of phosphoric acid groups is 1. The normalized spacial score (nSPS) is 12.6. The highest BCUT2D eigenvalue weighted by Gasteiger charge is 2.28. The molecule has 0 saturated heterocycles. The first kappa shape index (κ1) is 28.4. The van der Waals surface area contributed by atoms with Gasteiger partial charge in [-0.2, -0.15) is 0 Å². The van der Waals surface area contributed by atoms with E-state index >= 15 is 0 Å².